The molecule has 0 N–H and O–H groups in total. The van der Waals surface area contributed by atoms with E-state index in [0.29, 0.717) is 0 Å². The Balaban J connectivity index is 2.42. The molecule has 4 heteroatoms. The zero-order valence-corrected chi connectivity index (χ0v) is 11.2. The van der Waals surface area contributed by atoms with Gasteiger partial charge in [0.05, 0.1) is 12.0 Å². The van der Waals surface area contributed by atoms with Crippen molar-refractivity contribution in [3.05, 3.63) is 35.2 Å². The normalized spacial score (nSPS) is 10.5. The smallest absolute Gasteiger partial charge is 0.132 e. The Kier molecular flexibility index (Phi) is 3.01. The van der Waals surface area contributed by atoms with Crippen LogP contribution >= 0.6 is 15.9 Å². The molecule has 0 unspecified atom stereocenters. The molecule has 1 aromatic carbocycles. The summed E-state index contributed by atoms with van der Waals surface area (Å²) in [5.41, 5.74) is 3.46. The topological polar surface area (TPSA) is 21.1 Å². The molecule has 1 aromatic heterocycles. The minimum Gasteiger partial charge on any atom is -0.378 e. The molecular formula is C12H14BrN3. The molecule has 0 aliphatic rings. The van der Waals surface area contributed by atoms with Crippen LogP contribution in [0.25, 0.3) is 11.3 Å². The van der Waals surface area contributed by atoms with E-state index >= 15 is 0 Å². The molecule has 2 rings (SSSR count). The molecule has 0 spiro atoms. The van der Waals surface area contributed by atoms with Crippen molar-refractivity contribution in [2.45, 2.75) is 0 Å². The van der Waals surface area contributed by atoms with Gasteiger partial charge in [-0.05, 0) is 28.1 Å². The molecule has 0 amide bonds. The lowest BCUT2D eigenvalue weighted by atomic mass is 10.1. The number of rotatable bonds is 2. The largest absolute Gasteiger partial charge is 0.378 e. The second kappa shape index (κ2) is 4.29. The number of aryl methyl sites for hydroxylation is 1. The Hall–Kier alpha value is -1.29. The van der Waals surface area contributed by atoms with Crippen LogP contribution in [0, 0.1) is 0 Å². The monoisotopic (exact) mass is 279 g/mol. The van der Waals surface area contributed by atoms with Crippen LogP contribution in [0.15, 0.2) is 35.2 Å². The van der Waals surface area contributed by atoms with E-state index in [1.165, 1.54) is 5.69 Å². The van der Waals surface area contributed by atoms with Crippen LogP contribution in [0.2, 0.25) is 0 Å². The van der Waals surface area contributed by atoms with E-state index in [9.17, 15) is 0 Å². The Labute approximate surface area is 104 Å². The van der Waals surface area contributed by atoms with Gasteiger partial charge in [0.15, 0.2) is 0 Å². The second-order valence-corrected chi connectivity index (χ2v) is 4.69. The number of imidazole rings is 1. The van der Waals surface area contributed by atoms with E-state index in [2.05, 4.69) is 50.1 Å². The average molecular weight is 280 g/mol. The minimum absolute atomic E-state index is 0.882. The van der Waals surface area contributed by atoms with Crippen LogP contribution in [-0.4, -0.2) is 23.6 Å². The number of hydrogen-bond donors (Lipinski definition) is 0. The number of aromatic nitrogens is 2. The summed E-state index contributed by atoms with van der Waals surface area (Å²) in [6.45, 7) is 0. The van der Waals surface area contributed by atoms with Crippen molar-refractivity contribution < 1.29 is 0 Å². The van der Waals surface area contributed by atoms with Crippen LogP contribution in [0.4, 0.5) is 5.69 Å². The third kappa shape index (κ3) is 1.97. The van der Waals surface area contributed by atoms with E-state index < -0.39 is 0 Å². The quantitative estimate of drug-likeness (QED) is 0.843. The molecule has 0 aliphatic carbocycles. The fraction of sp³-hybridized carbons (Fsp3) is 0.250. The maximum absolute atomic E-state index is 4.22. The van der Waals surface area contributed by atoms with Crippen molar-refractivity contribution in [1.82, 2.24) is 9.55 Å². The molecular weight excluding hydrogens is 266 g/mol. The molecule has 0 fully saturated rings. The maximum atomic E-state index is 4.22. The van der Waals surface area contributed by atoms with E-state index in [-0.39, 0.29) is 0 Å². The van der Waals surface area contributed by atoms with E-state index in [1.54, 1.807) is 6.33 Å². The van der Waals surface area contributed by atoms with Gasteiger partial charge in [-0.1, -0.05) is 12.1 Å². The van der Waals surface area contributed by atoms with Gasteiger partial charge >= 0.3 is 0 Å². The van der Waals surface area contributed by atoms with Crippen molar-refractivity contribution in [2.75, 3.05) is 19.0 Å². The van der Waals surface area contributed by atoms with Gasteiger partial charge in [0.1, 0.15) is 4.60 Å². The third-order valence-corrected chi connectivity index (χ3v) is 3.13. The average Bonchev–Trinajstić information content (AvgIpc) is 2.59. The highest BCUT2D eigenvalue weighted by Crippen LogP contribution is 2.27. The Morgan fingerprint density at radius 2 is 1.81 bits per heavy atom. The zero-order valence-electron chi connectivity index (χ0n) is 9.61. The molecule has 84 valence electrons. The van der Waals surface area contributed by atoms with Gasteiger partial charge in [0.2, 0.25) is 0 Å². The highest BCUT2D eigenvalue weighted by atomic mass is 79.9. The van der Waals surface area contributed by atoms with Gasteiger partial charge in [-0.2, -0.15) is 0 Å². The predicted molar refractivity (Wildman–Crippen MR) is 70.7 cm³/mol. The second-order valence-electron chi connectivity index (χ2n) is 3.94. The number of anilines is 1. The Morgan fingerprint density at radius 1 is 1.19 bits per heavy atom. The first-order valence-corrected chi connectivity index (χ1v) is 5.83. The lowest BCUT2D eigenvalue weighted by Crippen LogP contribution is -2.08. The summed E-state index contributed by atoms with van der Waals surface area (Å²) in [5.74, 6) is 0. The molecule has 0 bridgehead atoms. The molecule has 3 nitrogen and oxygen atoms in total. The summed E-state index contributed by atoms with van der Waals surface area (Å²) < 4.78 is 2.89. The molecule has 2 aromatic rings. The van der Waals surface area contributed by atoms with Crippen molar-refractivity contribution in [1.29, 1.82) is 0 Å². The van der Waals surface area contributed by atoms with Crippen LogP contribution in [0.1, 0.15) is 0 Å². The standard InChI is InChI=1S/C12H14BrN3/c1-15(2)10-6-4-9(5-7-10)11-12(13)14-8-16(11)3/h4-8H,1-3H3. The summed E-state index contributed by atoms with van der Waals surface area (Å²) in [4.78, 5) is 6.30. The fourth-order valence-corrected chi connectivity index (χ4v) is 2.24. The molecule has 0 aliphatic heterocycles. The summed E-state index contributed by atoms with van der Waals surface area (Å²) >= 11 is 3.46. The first kappa shape index (κ1) is 11.2. The van der Waals surface area contributed by atoms with Crippen LogP contribution in [0.5, 0.6) is 0 Å². The fourth-order valence-electron chi connectivity index (χ4n) is 1.64. The number of nitrogens with zero attached hydrogens (tertiary/aromatic N) is 3. The Morgan fingerprint density at radius 3 is 2.25 bits per heavy atom. The maximum Gasteiger partial charge on any atom is 0.132 e. The van der Waals surface area contributed by atoms with Crippen LogP contribution in [-0.2, 0) is 7.05 Å². The van der Waals surface area contributed by atoms with Gasteiger partial charge in [-0.15, -0.1) is 0 Å². The molecule has 16 heavy (non-hydrogen) atoms. The lowest BCUT2D eigenvalue weighted by molar-refractivity contribution is 0.921. The summed E-state index contributed by atoms with van der Waals surface area (Å²) in [6.07, 6.45) is 1.80. The lowest BCUT2D eigenvalue weighted by Gasteiger charge is -2.12. The first-order chi connectivity index (χ1) is 7.59. The van der Waals surface area contributed by atoms with E-state index in [0.717, 1.165) is 15.9 Å². The molecule has 0 saturated carbocycles. The summed E-state index contributed by atoms with van der Waals surface area (Å²) in [7, 11) is 6.07. The highest BCUT2D eigenvalue weighted by Gasteiger charge is 2.08. The van der Waals surface area contributed by atoms with Gasteiger partial charge in [0.25, 0.3) is 0 Å². The Bertz CT molecular complexity index is 466. The SMILES string of the molecule is CN(C)c1ccc(-c2c(Br)ncn2C)cc1. The molecule has 0 radical (unpaired) electrons. The van der Waals surface area contributed by atoms with Gasteiger partial charge in [0, 0.05) is 32.4 Å². The number of halogens is 1. The van der Waals surface area contributed by atoms with Gasteiger partial charge in [-0.25, -0.2) is 4.98 Å². The van der Waals surface area contributed by atoms with Crippen molar-refractivity contribution in [2.24, 2.45) is 7.05 Å². The molecule has 0 atom stereocenters. The van der Waals surface area contributed by atoms with E-state index in [4.69, 9.17) is 0 Å². The number of benzene rings is 1. The number of hydrogen-bond acceptors (Lipinski definition) is 2. The van der Waals surface area contributed by atoms with Gasteiger partial charge in [-0.3, -0.25) is 0 Å². The third-order valence-electron chi connectivity index (χ3n) is 2.55. The minimum atomic E-state index is 0.882. The van der Waals surface area contributed by atoms with Crippen LogP contribution < -0.4 is 4.90 Å². The van der Waals surface area contributed by atoms with Crippen molar-refractivity contribution >= 4 is 21.6 Å². The first-order valence-electron chi connectivity index (χ1n) is 5.04. The van der Waals surface area contributed by atoms with Crippen LogP contribution in [0.3, 0.4) is 0 Å². The summed E-state index contributed by atoms with van der Waals surface area (Å²) in [6, 6.07) is 8.43. The van der Waals surface area contributed by atoms with Gasteiger partial charge < -0.3 is 9.47 Å². The van der Waals surface area contributed by atoms with Crippen molar-refractivity contribution in [3.63, 3.8) is 0 Å². The molecule has 1 heterocycles. The molecule has 0 saturated heterocycles. The van der Waals surface area contributed by atoms with E-state index in [1.807, 2.05) is 25.7 Å². The summed E-state index contributed by atoms with van der Waals surface area (Å²) in [5, 5.41) is 0. The zero-order chi connectivity index (χ0) is 11.7. The predicted octanol–water partition coefficient (Wildman–Crippen LogP) is 2.92. The highest BCUT2D eigenvalue weighted by molar-refractivity contribution is 9.10. The van der Waals surface area contributed by atoms with Crippen molar-refractivity contribution in [3.8, 4) is 11.3 Å².